The van der Waals surface area contributed by atoms with Crippen LogP contribution in [0.3, 0.4) is 0 Å². The smallest absolute Gasteiger partial charge is 0.323 e. The van der Waals surface area contributed by atoms with E-state index in [1.165, 1.54) is 36.1 Å². The minimum Gasteiger partial charge on any atom is -0.465 e. The standard InChI is InChI=1S/C18H28N2O2/c1-4-22-18(21)16(19)12-15-10-13(2)17(14(3)11-15)20-8-6-5-7-9-20/h10-11,16H,4-9,12,19H2,1-3H3. The fourth-order valence-electron chi connectivity index (χ4n) is 3.37. The zero-order chi connectivity index (χ0) is 16.1. The van der Waals surface area contributed by atoms with E-state index in [2.05, 4.69) is 30.9 Å². The number of carbonyl (C=O) groups is 1. The number of carbonyl (C=O) groups excluding carboxylic acids is 1. The molecule has 2 rings (SSSR count). The van der Waals surface area contributed by atoms with Gasteiger partial charge in [-0.2, -0.15) is 0 Å². The van der Waals surface area contributed by atoms with Crippen molar-refractivity contribution in [1.29, 1.82) is 0 Å². The van der Waals surface area contributed by atoms with Crippen LogP contribution in [0.1, 0.15) is 42.9 Å². The summed E-state index contributed by atoms with van der Waals surface area (Å²) in [6, 6.07) is 3.74. The van der Waals surface area contributed by atoms with Crippen LogP contribution in [0.25, 0.3) is 0 Å². The van der Waals surface area contributed by atoms with E-state index in [0.717, 1.165) is 18.7 Å². The van der Waals surface area contributed by atoms with Crippen LogP contribution in [0.5, 0.6) is 0 Å². The first-order valence-electron chi connectivity index (χ1n) is 8.30. The predicted molar refractivity (Wildman–Crippen MR) is 90.3 cm³/mol. The van der Waals surface area contributed by atoms with Gasteiger partial charge in [0.2, 0.25) is 0 Å². The molecule has 0 saturated carbocycles. The maximum atomic E-state index is 11.7. The van der Waals surface area contributed by atoms with Crippen LogP contribution in [-0.2, 0) is 16.0 Å². The van der Waals surface area contributed by atoms with E-state index < -0.39 is 6.04 Å². The summed E-state index contributed by atoms with van der Waals surface area (Å²) in [4.78, 5) is 14.2. The molecule has 1 fully saturated rings. The number of anilines is 1. The summed E-state index contributed by atoms with van der Waals surface area (Å²) in [7, 11) is 0. The van der Waals surface area contributed by atoms with Gasteiger partial charge in [-0.05, 0) is 63.1 Å². The average molecular weight is 304 g/mol. The molecule has 1 heterocycles. The Morgan fingerprint density at radius 3 is 2.36 bits per heavy atom. The van der Waals surface area contributed by atoms with Crippen molar-refractivity contribution in [3.63, 3.8) is 0 Å². The van der Waals surface area contributed by atoms with Crippen LogP contribution in [0.4, 0.5) is 5.69 Å². The van der Waals surface area contributed by atoms with Crippen molar-refractivity contribution in [2.45, 2.75) is 52.5 Å². The highest BCUT2D eigenvalue weighted by molar-refractivity contribution is 5.76. The van der Waals surface area contributed by atoms with Gasteiger partial charge in [-0.1, -0.05) is 12.1 Å². The normalized spacial score (nSPS) is 16.5. The molecule has 0 amide bonds. The van der Waals surface area contributed by atoms with Crippen LogP contribution in [0.2, 0.25) is 0 Å². The number of piperidine rings is 1. The first-order chi connectivity index (χ1) is 10.5. The van der Waals surface area contributed by atoms with Crippen LogP contribution in [-0.4, -0.2) is 31.7 Å². The Balaban J connectivity index is 2.13. The topological polar surface area (TPSA) is 55.6 Å². The van der Waals surface area contributed by atoms with Crippen molar-refractivity contribution >= 4 is 11.7 Å². The van der Waals surface area contributed by atoms with Crippen molar-refractivity contribution in [3.8, 4) is 0 Å². The van der Waals surface area contributed by atoms with E-state index >= 15 is 0 Å². The number of rotatable bonds is 5. The van der Waals surface area contributed by atoms with Crippen molar-refractivity contribution < 1.29 is 9.53 Å². The lowest BCUT2D eigenvalue weighted by molar-refractivity contribution is -0.144. The van der Waals surface area contributed by atoms with Gasteiger partial charge >= 0.3 is 5.97 Å². The molecule has 1 aliphatic rings. The Labute approximate surface area is 133 Å². The molecule has 1 aromatic carbocycles. The number of nitrogens with zero attached hydrogens (tertiary/aromatic N) is 1. The fraction of sp³-hybridized carbons (Fsp3) is 0.611. The quantitative estimate of drug-likeness (QED) is 0.850. The molecule has 4 heteroatoms. The molecule has 0 radical (unpaired) electrons. The Kier molecular flexibility index (Phi) is 5.83. The second-order valence-corrected chi connectivity index (χ2v) is 6.19. The Hall–Kier alpha value is -1.55. The molecular formula is C18H28N2O2. The van der Waals surface area contributed by atoms with Crippen molar-refractivity contribution in [2.75, 3.05) is 24.6 Å². The fourth-order valence-corrected chi connectivity index (χ4v) is 3.37. The van der Waals surface area contributed by atoms with Gasteiger partial charge in [-0.3, -0.25) is 4.79 Å². The summed E-state index contributed by atoms with van der Waals surface area (Å²) in [5, 5.41) is 0. The monoisotopic (exact) mass is 304 g/mol. The molecule has 1 aliphatic heterocycles. The highest BCUT2D eigenvalue weighted by Gasteiger charge is 2.19. The Morgan fingerprint density at radius 2 is 1.82 bits per heavy atom. The molecule has 1 aromatic rings. The van der Waals surface area contributed by atoms with Crippen molar-refractivity contribution in [2.24, 2.45) is 5.73 Å². The van der Waals surface area contributed by atoms with Crippen LogP contribution in [0, 0.1) is 13.8 Å². The number of benzene rings is 1. The van der Waals surface area contributed by atoms with E-state index in [0.29, 0.717) is 13.0 Å². The maximum Gasteiger partial charge on any atom is 0.323 e. The molecule has 2 N–H and O–H groups in total. The van der Waals surface area contributed by atoms with Gasteiger partial charge in [-0.25, -0.2) is 0 Å². The molecule has 1 unspecified atom stereocenters. The minimum atomic E-state index is -0.584. The number of nitrogens with two attached hydrogens (primary N) is 1. The zero-order valence-electron chi connectivity index (χ0n) is 14.0. The minimum absolute atomic E-state index is 0.321. The van der Waals surface area contributed by atoms with E-state index in [1.807, 2.05) is 0 Å². The molecule has 122 valence electrons. The van der Waals surface area contributed by atoms with E-state index in [-0.39, 0.29) is 5.97 Å². The summed E-state index contributed by atoms with van der Waals surface area (Å²) in [6.07, 6.45) is 4.41. The van der Waals surface area contributed by atoms with E-state index in [4.69, 9.17) is 10.5 Å². The summed E-state index contributed by atoms with van der Waals surface area (Å²) in [6.45, 7) is 8.75. The first kappa shape index (κ1) is 16.8. The van der Waals surface area contributed by atoms with Gasteiger partial charge < -0.3 is 15.4 Å². The Bertz CT molecular complexity index is 499. The number of ether oxygens (including phenoxy) is 1. The number of hydrogen-bond acceptors (Lipinski definition) is 4. The molecule has 0 aromatic heterocycles. The predicted octanol–water partition coefficient (Wildman–Crippen LogP) is 2.73. The lowest BCUT2D eigenvalue weighted by atomic mass is 9.97. The maximum absolute atomic E-state index is 11.7. The summed E-state index contributed by atoms with van der Waals surface area (Å²) >= 11 is 0. The molecular weight excluding hydrogens is 276 g/mol. The Morgan fingerprint density at radius 1 is 1.23 bits per heavy atom. The highest BCUT2D eigenvalue weighted by atomic mass is 16.5. The lowest BCUT2D eigenvalue weighted by Crippen LogP contribution is -2.34. The molecule has 22 heavy (non-hydrogen) atoms. The van der Waals surface area contributed by atoms with Gasteiger partial charge in [0, 0.05) is 18.8 Å². The summed E-state index contributed by atoms with van der Waals surface area (Å²) < 4.78 is 4.98. The van der Waals surface area contributed by atoms with Crippen molar-refractivity contribution in [1.82, 2.24) is 0 Å². The number of aryl methyl sites for hydroxylation is 2. The van der Waals surface area contributed by atoms with Crippen LogP contribution in [0.15, 0.2) is 12.1 Å². The molecule has 1 saturated heterocycles. The van der Waals surface area contributed by atoms with Crippen LogP contribution >= 0.6 is 0 Å². The number of esters is 1. The van der Waals surface area contributed by atoms with Gasteiger partial charge in [0.25, 0.3) is 0 Å². The van der Waals surface area contributed by atoms with Gasteiger partial charge in [0.15, 0.2) is 0 Å². The summed E-state index contributed by atoms with van der Waals surface area (Å²) in [5.41, 5.74) is 10.9. The molecule has 4 nitrogen and oxygen atoms in total. The highest BCUT2D eigenvalue weighted by Crippen LogP contribution is 2.29. The lowest BCUT2D eigenvalue weighted by Gasteiger charge is -2.32. The largest absolute Gasteiger partial charge is 0.465 e. The molecule has 0 aliphatic carbocycles. The van der Waals surface area contributed by atoms with E-state index in [9.17, 15) is 4.79 Å². The van der Waals surface area contributed by atoms with Gasteiger partial charge in [0.1, 0.15) is 6.04 Å². The molecule has 0 bridgehead atoms. The number of hydrogen-bond donors (Lipinski definition) is 1. The average Bonchev–Trinajstić information content (AvgIpc) is 2.47. The third-order valence-electron chi connectivity index (χ3n) is 4.27. The third kappa shape index (κ3) is 4.01. The third-order valence-corrected chi connectivity index (χ3v) is 4.27. The zero-order valence-corrected chi connectivity index (χ0v) is 14.0. The van der Waals surface area contributed by atoms with Gasteiger partial charge in [-0.15, -0.1) is 0 Å². The SMILES string of the molecule is CCOC(=O)C(N)Cc1cc(C)c(N2CCCCC2)c(C)c1. The second-order valence-electron chi connectivity index (χ2n) is 6.19. The van der Waals surface area contributed by atoms with E-state index in [1.54, 1.807) is 6.92 Å². The first-order valence-corrected chi connectivity index (χ1v) is 8.30. The molecule has 0 spiro atoms. The van der Waals surface area contributed by atoms with Crippen LogP contribution < -0.4 is 10.6 Å². The van der Waals surface area contributed by atoms with Crippen molar-refractivity contribution in [3.05, 3.63) is 28.8 Å². The summed E-state index contributed by atoms with van der Waals surface area (Å²) in [5.74, 6) is -0.321. The molecule has 1 atom stereocenters. The second kappa shape index (κ2) is 7.63. The van der Waals surface area contributed by atoms with Gasteiger partial charge in [0.05, 0.1) is 6.61 Å².